The zero-order valence-electron chi connectivity index (χ0n) is 13.2. The third-order valence-electron chi connectivity index (χ3n) is 3.29. The lowest BCUT2D eigenvalue weighted by molar-refractivity contribution is -0.120. The molecule has 7 heteroatoms. The van der Waals surface area contributed by atoms with Crippen molar-refractivity contribution in [3.05, 3.63) is 65.7 Å². The van der Waals surface area contributed by atoms with Crippen molar-refractivity contribution in [2.45, 2.75) is 11.4 Å². The quantitative estimate of drug-likeness (QED) is 0.820. The average molecular weight is 346 g/mol. The summed E-state index contributed by atoms with van der Waals surface area (Å²) in [5.41, 5.74) is 1.26. The van der Waals surface area contributed by atoms with Gasteiger partial charge in [-0.25, -0.2) is 8.42 Å². The van der Waals surface area contributed by atoms with Gasteiger partial charge in [0.1, 0.15) is 0 Å². The molecule has 2 aromatic carbocycles. The molecule has 6 nitrogen and oxygen atoms in total. The summed E-state index contributed by atoms with van der Waals surface area (Å²) in [4.78, 5) is 23.8. The molecule has 0 unspecified atom stereocenters. The largest absolute Gasteiger partial charge is 0.350 e. The first-order chi connectivity index (χ1) is 11.4. The minimum absolute atomic E-state index is 0.130. The van der Waals surface area contributed by atoms with Gasteiger partial charge in [-0.15, -0.1) is 0 Å². The number of benzene rings is 2. The van der Waals surface area contributed by atoms with E-state index in [1.54, 1.807) is 42.5 Å². The van der Waals surface area contributed by atoms with Gasteiger partial charge in [-0.05, 0) is 29.8 Å². The minimum atomic E-state index is -3.23. The minimum Gasteiger partial charge on any atom is -0.350 e. The van der Waals surface area contributed by atoms with Crippen LogP contribution in [0.4, 0.5) is 0 Å². The summed E-state index contributed by atoms with van der Waals surface area (Å²) < 4.78 is 22.7. The molecule has 126 valence electrons. The number of sulfone groups is 1. The first-order valence-corrected chi connectivity index (χ1v) is 9.14. The monoisotopic (exact) mass is 346 g/mol. The normalized spacial score (nSPS) is 10.9. The lowest BCUT2D eigenvalue weighted by Gasteiger charge is -2.07. The van der Waals surface area contributed by atoms with Crippen LogP contribution in [0.5, 0.6) is 0 Å². The molecular weight excluding hydrogens is 328 g/mol. The van der Waals surface area contributed by atoms with Crippen LogP contribution in [0.25, 0.3) is 0 Å². The summed E-state index contributed by atoms with van der Waals surface area (Å²) in [6, 6.07) is 14.9. The molecule has 0 radical (unpaired) electrons. The van der Waals surface area contributed by atoms with E-state index in [2.05, 4.69) is 10.6 Å². The van der Waals surface area contributed by atoms with Gasteiger partial charge in [-0.3, -0.25) is 9.59 Å². The SMILES string of the molecule is CS(=O)(=O)c1ccc(CNC(=O)CNC(=O)c2ccccc2)cc1. The van der Waals surface area contributed by atoms with Gasteiger partial charge in [0.2, 0.25) is 5.91 Å². The van der Waals surface area contributed by atoms with Crippen molar-refractivity contribution in [3.63, 3.8) is 0 Å². The Labute approximate surface area is 140 Å². The molecule has 24 heavy (non-hydrogen) atoms. The fourth-order valence-corrected chi connectivity index (χ4v) is 2.60. The van der Waals surface area contributed by atoms with Gasteiger partial charge in [0.25, 0.3) is 5.91 Å². The van der Waals surface area contributed by atoms with E-state index in [0.717, 1.165) is 11.8 Å². The second-order valence-electron chi connectivity index (χ2n) is 5.24. The van der Waals surface area contributed by atoms with Crippen molar-refractivity contribution >= 4 is 21.7 Å². The highest BCUT2D eigenvalue weighted by atomic mass is 32.2. The van der Waals surface area contributed by atoms with Gasteiger partial charge in [0.15, 0.2) is 9.84 Å². The Kier molecular flexibility index (Phi) is 5.70. The highest BCUT2D eigenvalue weighted by Crippen LogP contribution is 2.10. The van der Waals surface area contributed by atoms with Crippen LogP contribution in [-0.2, 0) is 21.2 Å². The highest BCUT2D eigenvalue weighted by molar-refractivity contribution is 7.90. The van der Waals surface area contributed by atoms with E-state index in [0.29, 0.717) is 5.56 Å². The number of hydrogen-bond donors (Lipinski definition) is 2. The van der Waals surface area contributed by atoms with Crippen LogP contribution in [0.2, 0.25) is 0 Å². The van der Waals surface area contributed by atoms with Crippen LogP contribution >= 0.6 is 0 Å². The molecular formula is C17H18N2O4S. The molecule has 2 amide bonds. The van der Waals surface area contributed by atoms with E-state index in [-0.39, 0.29) is 29.8 Å². The van der Waals surface area contributed by atoms with E-state index in [4.69, 9.17) is 0 Å². The molecule has 0 aromatic heterocycles. The molecule has 0 saturated carbocycles. The number of hydrogen-bond acceptors (Lipinski definition) is 4. The van der Waals surface area contributed by atoms with Crippen molar-refractivity contribution in [2.24, 2.45) is 0 Å². The number of nitrogens with one attached hydrogen (secondary N) is 2. The smallest absolute Gasteiger partial charge is 0.251 e. The summed E-state index contributed by atoms with van der Waals surface area (Å²) in [7, 11) is -3.23. The van der Waals surface area contributed by atoms with Crippen LogP contribution < -0.4 is 10.6 Å². The second-order valence-corrected chi connectivity index (χ2v) is 7.26. The number of rotatable bonds is 6. The molecule has 2 aromatic rings. The zero-order chi connectivity index (χ0) is 17.6. The van der Waals surface area contributed by atoms with E-state index in [1.807, 2.05) is 0 Å². The summed E-state index contributed by atoms with van der Waals surface area (Å²) >= 11 is 0. The summed E-state index contributed by atoms with van der Waals surface area (Å²) in [6.45, 7) is 0.124. The third kappa shape index (κ3) is 5.20. The average Bonchev–Trinajstić information content (AvgIpc) is 2.58. The van der Waals surface area contributed by atoms with E-state index in [1.165, 1.54) is 12.1 Å². The van der Waals surface area contributed by atoms with Crippen molar-refractivity contribution in [1.82, 2.24) is 10.6 Å². The van der Waals surface area contributed by atoms with Crippen molar-refractivity contribution < 1.29 is 18.0 Å². The van der Waals surface area contributed by atoms with Crippen LogP contribution in [0.3, 0.4) is 0 Å². The highest BCUT2D eigenvalue weighted by Gasteiger charge is 2.08. The topological polar surface area (TPSA) is 92.3 Å². The first-order valence-electron chi connectivity index (χ1n) is 7.25. The van der Waals surface area contributed by atoms with Crippen molar-refractivity contribution in [2.75, 3.05) is 12.8 Å². The van der Waals surface area contributed by atoms with Crippen LogP contribution in [0.1, 0.15) is 15.9 Å². The maximum absolute atomic E-state index is 11.8. The number of carbonyl (C=O) groups is 2. The zero-order valence-corrected chi connectivity index (χ0v) is 14.0. The molecule has 0 atom stereocenters. The van der Waals surface area contributed by atoms with Gasteiger partial charge < -0.3 is 10.6 Å². The predicted molar refractivity (Wildman–Crippen MR) is 90.2 cm³/mol. The fourth-order valence-electron chi connectivity index (χ4n) is 1.97. The maximum Gasteiger partial charge on any atom is 0.251 e. The number of carbonyl (C=O) groups excluding carboxylic acids is 2. The molecule has 0 spiro atoms. The van der Waals surface area contributed by atoms with Crippen molar-refractivity contribution in [1.29, 1.82) is 0 Å². The molecule has 2 N–H and O–H groups in total. The standard InChI is InChI=1S/C17H18N2O4S/c1-24(22,23)15-9-7-13(8-10-15)11-18-16(20)12-19-17(21)14-5-3-2-4-6-14/h2-10H,11-12H2,1H3,(H,18,20)(H,19,21). The van der Waals surface area contributed by atoms with Crippen LogP contribution in [-0.4, -0.2) is 33.0 Å². The summed E-state index contributed by atoms with van der Waals surface area (Å²) in [6.07, 6.45) is 1.14. The summed E-state index contributed by atoms with van der Waals surface area (Å²) in [5, 5.41) is 5.19. The van der Waals surface area contributed by atoms with E-state index in [9.17, 15) is 18.0 Å². The Morgan fingerprint density at radius 1 is 0.917 bits per heavy atom. The molecule has 0 fully saturated rings. The van der Waals surface area contributed by atoms with Crippen LogP contribution in [0, 0.1) is 0 Å². The molecule has 0 heterocycles. The maximum atomic E-state index is 11.8. The predicted octanol–water partition coefficient (Wildman–Crippen LogP) is 1.14. The Bertz CT molecular complexity index is 815. The third-order valence-corrected chi connectivity index (χ3v) is 4.42. The molecule has 0 aliphatic heterocycles. The Morgan fingerprint density at radius 3 is 2.12 bits per heavy atom. The summed E-state index contributed by atoms with van der Waals surface area (Å²) in [5.74, 6) is -0.644. The Morgan fingerprint density at radius 2 is 1.54 bits per heavy atom. The Balaban J connectivity index is 1.80. The van der Waals surface area contributed by atoms with Gasteiger partial charge >= 0.3 is 0 Å². The van der Waals surface area contributed by atoms with E-state index >= 15 is 0 Å². The Hall–Kier alpha value is -2.67. The molecule has 0 aliphatic carbocycles. The molecule has 0 bridgehead atoms. The lowest BCUT2D eigenvalue weighted by atomic mass is 10.2. The molecule has 0 aliphatic rings. The van der Waals surface area contributed by atoms with Gasteiger partial charge in [0.05, 0.1) is 11.4 Å². The van der Waals surface area contributed by atoms with Gasteiger partial charge in [-0.1, -0.05) is 30.3 Å². The molecule has 2 rings (SSSR count). The first kappa shape index (κ1) is 17.7. The lowest BCUT2D eigenvalue weighted by Crippen LogP contribution is -2.36. The number of amides is 2. The molecule has 0 saturated heterocycles. The van der Waals surface area contributed by atoms with Gasteiger partial charge in [-0.2, -0.15) is 0 Å². The van der Waals surface area contributed by atoms with E-state index < -0.39 is 9.84 Å². The fraction of sp³-hybridized carbons (Fsp3) is 0.176. The van der Waals surface area contributed by atoms with Crippen LogP contribution in [0.15, 0.2) is 59.5 Å². The van der Waals surface area contributed by atoms with Crippen molar-refractivity contribution in [3.8, 4) is 0 Å². The van der Waals surface area contributed by atoms with Gasteiger partial charge in [0, 0.05) is 18.4 Å². The second kappa shape index (κ2) is 7.74.